The third-order valence-electron chi connectivity index (χ3n) is 4.55. The van der Waals surface area contributed by atoms with Crippen molar-refractivity contribution in [3.05, 3.63) is 46.3 Å². The lowest BCUT2D eigenvalue weighted by Crippen LogP contribution is -2.46. The number of para-hydroxylation sites is 1. The first kappa shape index (κ1) is 16.2. The van der Waals surface area contributed by atoms with Crippen LogP contribution in [0, 0.1) is 5.92 Å². The van der Waals surface area contributed by atoms with E-state index in [2.05, 4.69) is 23.6 Å². The molecule has 4 nitrogen and oxygen atoms in total. The molecule has 2 heterocycles. The summed E-state index contributed by atoms with van der Waals surface area (Å²) in [7, 11) is 0. The van der Waals surface area contributed by atoms with Crippen molar-refractivity contribution in [2.75, 3.05) is 32.7 Å². The highest BCUT2D eigenvalue weighted by Crippen LogP contribution is 2.14. The highest BCUT2D eigenvalue weighted by atomic mass is 16.3. The summed E-state index contributed by atoms with van der Waals surface area (Å²) >= 11 is 0. The largest absolute Gasteiger partial charge is 0.459 e. The van der Waals surface area contributed by atoms with Gasteiger partial charge in [-0.25, -0.2) is 0 Å². The molecular formula is C19H26N2O2. The molecule has 0 unspecified atom stereocenters. The van der Waals surface area contributed by atoms with Crippen molar-refractivity contribution in [2.24, 2.45) is 5.92 Å². The Labute approximate surface area is 137 Å². The van der Waals surface area contributed by atoms with Gasteiger partial charge >= 0.3 is 0 Å². The molecule has 1 saturated heterocycles. The van der Waals surface area contributed by atoms with E-state index >= 15 is 0 Å². The van der Waals surface area contributed by atoms with Crippen molar-refractivity contribution in [3.8, 4) is 0 Å². The number of hydrogen-bond donors (Lipinski definition) is 0. The maximum atomic E-state index is 12.2. The van der Waals surface area contributed by atoms with Crippen LogP contribution in [0.2, 0.25) is 0 Å². The second-order valence-corrected chi connectivity index (χ2v) is 6.87. The monoisotopic (exact) mass is 314 g/mol. The molecule has 1 fully saturated rings. The maximum Gasteiger partial charge on any atom is 0.192 e. The number of piperazine rings is 1. The van der Waals surface area contributed by atoms with E-state index < -0.39 is 0 Å². The van der Waals surface area contributed by atoms with Gasteiger partial charge in [-0.3, -0.25) is 9.69 Å². The first-order valence-corrected chi connectivity index (χ1v) is 8.58. The first-order chi connectivity index (χ1) is 11.1. The van der Waals surface area contributed by atoms with Crippen LogP contribution >= 0.6 is 0 Å². The summed E-state index contributed by atoms with van der Waals surface area (Å²) in [6.07, 6.45) is 1.26. The molecule has 1 aliphatic heterocycles. The molecule has 0 N–H and O–H groups in total. The number of nitrogens with zero attached hydrogens (tertiary/aromatic N) is 2. The van der Waals surface area contributed by atoms with E-state index in [-0.39, 0.29) is 5.43 Å². The summed E-state index contributed by atoms with van der Waals surface area (Å²) in [5.74, 6) is 1.53. The van der Waals surface area contributed by atoms with Gasteiger partial charge in [-0.1, -0.05) is 26.0 Å². The summed E-state index contributed by atoms with van der Waals surface area (Å²) in [4.78, 5) is 17.1. The summed E-state index contributed by atoms with van der Waals surface area (Å²) < 4.78 is 5.90. The SMILES string of the molecule is CC(C)CCN1CCN(Cc2cc(=O)c3ccccc3o2)CC1. The van der Waals surface area contributed by atoms with Crippen molar-refractivity contribution in [1.82, 2.24) is 9.80 Å². The normalized spacial score (nSPS) is 17.2. The molecule has 0 bridgehead atoms. The van der Waals surface area contributed by atoms with Crippen LogP contribution in [0.1, 0.15) is 26.0 Å². The molecule has 0 amide bonds. The van der Waals surface area contributed by atoms with Gasteiger partial charge in [0.05, 0.1) is 11.9 Å². The lowest BCUT2D eigenvalue weighted by molar-refractivity contribution is 0.117. The zero-order valence-electron chi connectivity index (χ0n) is 14.1. The van der Waals surface area contributed by atoms with Crippen LogP contribution in [0.25, 0.3) is 11.0 Å². The smallest absolute Gasteiger partial charge is 0.192 e. The Hall–Kier alpha value is -1.65. The number of hydrogen-bond acceptors (Lipinski definition) is 4. The highest BCUT2D eigenvalue weighted by Gasteiger charge is 2.18. The standard InChI is InChI=1S/C19H26N2O2/c1-15(2)7-8-20-9-11-21(12-10-20)14-16-13-18(22)17-5-3-4-6-19(17)23-16/h3-6,13,15H,7-12,14H2,1-2H3. The molecule has 0 aliphatic carbocycles. The van der Waals surface area contributed by atoms with Crippen LogP contribution in [0.3, 0.4) is 0 Å². The second kappa shape index (κ2) is 7.28. The van der Waals surface area contributed by atoms with E-state index in [0.29, 0.717) is 11.0 Å². The Morgan fingerprint density at radius 3 is 2.52 bits per heavy atom. The zero-order valence-corrected chi connectivity index (χ0v) is 14.1. The van der Waals surface area contributed by atoms with Gasteiger partial charge in [0.1, 0.15) is 11.3 Å². The number of benzene rings is 1. The summed E-state index contributed by atoms with van der Waals surface area (Å²) in [6.45, 7) is 10.7. The predicted molar refractivity (Wildman–Crippen MR) is 93.7 cm³/mol. The Kier molecular flexibility index (Phi) is 5.13. The van der Waals surface area contributed by atoms with E-state index in [0.717, 1.165) is 44.4 Å². The highest BCUT2D eigenvalue weighted by molar-refractivity contribution is 5.76. The lowest BCUT2D eigenvalue weighted by atomic mass is 10.1. The minimum absolute atomic E-state index is 0.0532. The molecule has 124 valence electrons. The average molecular weight is 314 g/mol. The van der Waals surface area contributed by atoms with Gasteiger partial charge in [-0.2, -0.15) is 0 Å². The molecule has 3 rings (SSSR count). The van der Waals surface area contributed by atoms with Crippen LogP contribution < -0.4 is 5.43 Å². The van der Waals surface area contributed by atoms with Crippen molar-refractivity contribution < 1.29 is 4.42 Å². The van der Waals surface area contributed by atoms with E-state index in [4.69, 9.17) is 4.42 Å². The Balaban J connectivity index is 1.60. The minimum atomic E-state index is 0.0532. The van der Waals surface area contributed by atoms with Crippen molar-refractivity contribution in [3.63, 3.8) is 0 Å². The second-order valence-electron chi connectivity index (χ2n) is 6.87. The Bertz CT molecular complexity index is 700. The van der Waals surface area contributed by atoms with Gasteiger partial charge in [0.2, 0.25) is 0 Å². The molecule has 0 atom stereocenters. The van der Waals surface area contributed by atoms with Crippen molar-refractivity contribution >= 4 is 11.0 Å². The van der Waals surface area contributed by atoms with Crippen LogP contribution in [-0.4, -0.2) is 42.5 Å². The fourth-order valence-corrected chi connectivity index (χ4v) is 3.06. The Morgan fingerprint density at radius 2 is 1.78 bits per heavy atom. The number of rotatable bonds is 5. The summed E-state index contributed by atoms with van der Waals surface area (Å²) in [5, 5.41) is 0.662. The van der Waals surface area contributed by atoms with Gasteiger partial charge in [-0.05, 0) is 31.0 Å². The van der Waals surface area contributed by atoms with E-state index in [1.165, 1.54) is 13.0 Å². The van der Waals surface area contributed by atoms with E-state index in [1.54, 1.807) is 6.07 Å². The third-order valence-corrected chi connectivity index (χ3v) is 4.55. The molecule has 4 heteroatoms. The molecule has 1 aromatic carbocycles. The summed E-state index contributed by atoms with van der Waals surface area (Å²) in [5.41, 5.74) is 0.739. The minimum Gasteiger partial charge on any atom is -0.459 e. The fraction of sp³-hybridized carbons (Fsp3) is 0.526. The van der Waals surface area contributed by atoms with Crippen molar-refractivity contribution in [1.29, 1.82) is 0 Å². The molecule has 23 heavy (non-hydrogen) atoms. The Morgan fingerprint density at radius 1 is 1.09 bits per heavy atom. The molecule has 2 aromatic rings. The fourth-order valence-electron chi connectivity index (χ4n) is 3.06. The number of fused-ring (bicyclic) bond motifs is 1. The summed E-state index contributed by atoms with van der Waals surface area (Å²) in [6, 6.07) is 9.11. The first-order valence-electron chi connectivity index (χ1n) is 8.58. The van der Waals surface area contributed by atoms with Crippen molar-refractivity contribution in [2.45, 2.75) is 26.8 Å². The van der Waals surface area contributed by atoms with Crippen LogP contribution in [0.4, 0.5) is 0 Å². The molecule has 0 radical (unpaired) electrons. The van der Waals surface area contributed by atoms with Gasteiger partial charge in [0, 0.05) is 32.2 Å². The van der Waals surface area contributed by atoms with Crippen LogP contribution in [0.15, 0.2) is 39.5 Å². The average Bonchev–Trinajstić information content (AvgIpc) is 2.54. The zero-order chi connectivity index (χ0) is 16.2. The molecule has 1 aliphatic rings. The molecular weight excluding hydrogens is 288 g/mol. The van der Waals surface area contributed by atoms with Gasteiger partial charge in [0.15, 0.2) is 5.43 Å². The topological polar surface area (TPSA) is 36.7 Å². The molecule has 0 spiro atoms. The van der Waals surface area contributed by atoms with Crippen LogP contribution in [-0.2, 0) is 6.54 Å². The van der Waals surface area contributed by atoms with Gasteiger partial charge in [-0.15, -0.1) is 0 Å². The third kappa shape index (κ3) is 4.21. The lowest BCUT2D eigenvalue weighted by Gasteiger charge is -2.34. The maximum absolute atomic E-state index is 12.2. The van der Waals surface area contributed by atoms with Crippen LogP contribution in [0.5, 0.6) is 0 Å². The van der Waals surface area contributed by atoms with E-state index in [9.17, 15) is 4.79 Å². The molecule has 0 saturated carbocycles. The molecule has 1 aromatic heterocycles. The van der Waals surface area contributed by atoms with Gasteiger partial charge < -0.3 is 9.32 Å². The van der Waals surface area contributed by atoms with E-state index in [1.807, 2.05) is 24.3 Å². The predicted octanol–water partition coefficient (Wildman–Crippen LogP) is 2.96. The quantitative estimate of drug-likeness (QED) is 0.850. The van der Waals surface area contributed by atoms with Gasteiger partial charge in [0.25, 0.3) is 0 Å².